The number of carbonyl (C=O) groups excluding carboxylic acids is 4. The maximum absolute atomic E-state index is 13.6. The molecule has 36 heavy (non-hydrogen) atoms. The van der Waals surface area contributed by atoms with Crippen molar-refractivity contribution in [3.63, 3.8) is 0 Å². The fourth-order valence-electron chi connectivity index (χ4n) is 5.55. The molecule has 1 aromatic rings. The molecule has 0 heterocycles. The minimum Gasteiger partial charge on any atom is -0.495 e. The number of ether oxygens (including phenoxy) is 4. The summed E-state index contributed by atoms with van der Waals surface area (Å²) in [6.07, 6.45) is -0.904. The van der Waals surface area contributed by atoms with E-state index in [1.165, 1.54) is 7.11 Å². The Hall–Kier alpha value is -3.30. The number of alkyl carbamates (subject to hydrolysis) is 1. The van der Waals surface area contributed by atoms with Crippen LogP contribution in [0.3, 0.4) is 0 Å². The average Bonchev–Trinajstić information content (AvgIpc) is 3.34. The molecule has 0 aliphatic heterocycles. The lowest BCUT2D eigenvalue weighted by Crippen LogP contribution is -2.61. The molecule has 1 aromatic carbocycles. The zero-order valence-electron chi connectivity index (χ0n) is 21.9. The van der Waals surface area contributed by atoms with Crippen LogP contribution in [-0.4, -0.2) is 55.4 Å². The summed E-state index contributed by atoms with van der Waals surface area (Å²) in [5.74, 6) is -3.34. The van der Waals surface area contributed by atoms with Crippen LogP contribution in [0, 0.1) is 23.2 Å². The molecular formula is C26H36N2O8. The van der Waals surface area contributed by atoms with Crippen molar-refractivity contribution in [3.05, 3.63) is 24.3 Å². The molecule has 198 valence electrons. The molecule has 10 nitrogen and oxygen atoms in total. The fraction of sp³-hybridized carbons (Fsp3) is 0.615. The summed E-state index contributed by atoms with van der Waals surface area (Å²) in [6.45, 7) is 10.3. The number of para-hydroxylation sites is 2. The van der Waals surface area contributed by atoms with E-state index in [-0.39, 0.29) is 19.6 Å². The number of benzene rings is 1. The van der Waals surface area contributed by atoms with E-state index in [0.717, 1.165) is 0 Å². The van der Waals surface area contributed by atoms with Crippen LogP contribution in [0.2, 0.25) is 0 Å². The third-order valence-electron chi connectivity index (χ3n) is 7.05. The summed E-state index contributed by atoms with van der Waals surface area (Å²) in [6, 6.07) is 6.93. The highest BCUT2D eigenvalue weighted by molar-refractivity contribution is 6.00. The number of esters is 2. The number of fused-ring (bicyclic) bond motifs is 1. The van der Waals surface area contributed by atoms with Crippen LogP contribution in [0.4, 0.5) is 10.5 Å². The molecule has 5 atom stereocenters. The van der Waals surface area contributed by atoms with Gasteiger partial charge in [-0.05, 0) is 59.1 Å². The summed E-state index contributed by atoms with van der Waals surface area (Å²) in [5, 5.41) is 5.57. The number of hydrogen-bond donors (Lipinski definition) is 2. The molecule has 0 saturated heterocycles. The summed E-state index contributed by atoms with van der Waals surface area (Å²) in [5.41, 5.74) is -3.17. The lowest BCUT2D eigenvalue weighted by atomic mass is 9.79. The Morgan fingerprint density at radius 3 is 2.28 bits per heavy atom. The second-order valence-corrected chi connectivity index (χ2v) is 10.3. The standard InChI is InChI=1S/C26H36N2O8/c1-8-34-21(30)19-18-15(20(29)27-16-12-10-11-13-17(16)33-7)14-26(25(18,19)6,22(31)35-9-2)28-23(32)36-24(3,4)5/h10-13,15,18-19H,8-9,14H2,1-7H3,(H,27,29)(H,28,32)/t15-,18-,19-,25-,26-/m0/s1. The van der Waals surface area contributed by atoms with Gasteiger partial charge in [-0.3, -0.25) is 9.59 Å². The monoisotopic (exact) mass is 504 g/mol. The van der Waals surface area contributed by atoms with E-state index in [4.69, 9.17) is 18.9 Å². The highest BCUT2D eigenvalue weighted by atomic mass is 16.6. The third kappa shape index (κ3) is 4.73. The minimum absolute atomic E-state index is 0.0550. The van der Waals surface area contributed by atoms with Gasteiger partial charge in [-0.15, -0.1) is 0 Å². The molecule has 0 unspecified atom stereocenters. The molecule has 2 aliphatic rings. The molecule has 0 radical (unpaired) electrons. The van der Waals surface area contributed by atoms with Crippen molar-refractivity contribution < 1.29 is 38.1 Å². The van der Waals surface area contributed by atoms with E-state index in [1.54, 1.807) is 65.8 Å². The van der Waals surface area contributed by atoms with Crippen molar-refractivity contribution in [2.75, 3.05) is 25.6 Å². The van der Waals surface area contributed by atoms with Gasteiger partial charge < -0.3 is 29.6 Å². The largest absolute Gasteiger partial charge is 0.495 e. The van der Waals surface area contributed by atoms with Crippen LogP contribution in [0.25, 0.3) is 0 Å². The van der Waals surface area contributed by atoms with Crippen molar-refractivity contribution in [1.82, 2.24) is 5.32 Å². The van der Waals surface area contributed by atoms with E-state index < -0.39 is 58.2 Å². The molecule has 0 bridgehead atoms. The van der Waals surface area contributed by atoms with Crippen LogP contribution < -0.4 is 15.4 Å². The zero-order valence-corrected chi connectivity index (χ0v) is 21.9. The first kappa shape index (κ1) is 27.3. The van der Waals surface area contributed by atoms with E-state index in [0.29, 0.717) is 11.4 Å². The van der Waals surface area contributed by atoms with Gasteiger partial charge >= 0.3 is 18.0 Å². The van der Waals surface area contributed by atoms with Crippen molar-refractivity contribution in [2.24, 2.45) is 23.2 Å². The molecule has 2 fully saturated rings. The van der Waals surface area contributed by atoms with Gasteiger partial charge in [0.05, 0.1) is 31.9 Å². The molecule has 2 N–H and O–H groups in total. The molecule has 2 aliphatic carbocycles. The Kier molecular flexibility index (Phi) is 7.57. The van der Waals surface area contributed by atoms with Gasteiger partial charge in [0.1, 0.15) is 16.9 Å². The van der Waals surface area contributed by atoms with Gasteiger partial charge in [-0.2, -0.15) is 0 Å². The maximum Gasteiger partial charge on any atom is 0.408 e. The van der Waals surface area contributed by atoms with Gasteiger partial charge in [-0.25, -0.2) is 9.59 Å². The smallest absolute Gasteiger partial charge is 0.408 e. The van der Waals surface area contributed by atoms with E-state index in [1.807, 2.05) is 0 Å². The molecule has 2 saturated carbocycles. The van der Waals surface area contributed by atoms with Gasteiger partial charge in [0.2, 0.25) is 5.91 Å². The first-order valence-electron chi connectivity index (χ1n) is 12.1. The van der Waals surface area contributed by atoms with Crippen LogP contribution in [0.1, 0.15) is 48.0 Å². The zero-order chi connectivity index (χ0) is 26.9. The maximum atomic E-state index is 13.6. The van der Waals surface area contributed by atoms with Crippen LogP contribution in [-0.2, 0) is 28.6 Å². The minimum atomic E-state index is -1.67. The van der Waals surface area contributed by atoms with Crippen LogP contribution in [0.5, 0.6) is 5.75 Å². The number of carbonyl (C=O) groups is 4. The number of hydrogen-bond acceptors (Lipinski definition) is 8. The molecule has 2 amide bonds. The van der Waals surface area contributed by atoms with E-state index in [2.05, 4.69) is 10.6 Å². The lowest BCUT2D eigenvalue weighted by Gasteiger charge is -2.37. The second kappa shape index (κ2) is 9.99. The van der Waals surface area contributed by atoms with Crippen LogP contribution in [0.15, 0.2) is 24.3 Å². The molecular weight excluding hydrogens is 468 g/mol. The normalized spacial score (nSPS) is 28.4. The Morgan fingerprint density at radius 2 is 1.69 bits per heavy atom. The van der Waals surface area contributed by atoms with Gasteiger partial charge in [-0.1, -0.05) is 19.1 Å². The lowest BCUT2D eigenvalue weighted by molar-refractivity contribution is -0.156. The summed E-state index contributed by atoms with van der Waals surface area (Å²) < 4.78 is 21.4. The number of anilines is 1. The van der Waals surface area contributed by atoms with E-state index in [9.17, 15) is 19.2 Å². The van der Waals surface area contributed by atoms with Crippen LogP contribution >= 0.6 is 0 Å². The summed E-state index contributed by atoms with van der Waals surface area (Å²) in [4.78, 5) is 52.9. The second-order valence-electron chi connectivity index (χ2n) is 10.3. The van der Waals surface area contributed by atoms with Gasteiger partial charge in [0.15, 0.2) is 0 Å². The molecule has 3 rings (SSSR count). The predicted molar refractivity (Wildman–Crippen MR) is 130 cm³/mol. The Morgan fingerprint density at radius 1 is 1.06 bits per heavy atom. The number of nitrogens with one attached hydrogen (secondary N) is 2. The highest BCUT2D eigenvalue weighted by Gasteiger charge is 2.85. The summed E-state index contributed by atoms with van der Waals surface area (Å²) in [7, 11) is 1.49. The Balaban J connectivity index is 2.02. The first-order chi connectivity index (χ1) is 16.9. The van der Waals surface area contributed by atoms with Gasteiger partial charge in [0.25, 0.3) is 0 Å². The number of rotatable bonds is 8. The van der Waals surface area contributed by atoms with Crippen molar-refractivity contribution in [2.45, 2.75) is 59.1 Å². The van der Waals surface area contributed by atoms with Crippen molar-refractivity contribution in [3.8, 4) is 5.75 Å². The SMILES string of the molecule is CCOC(=O)[C@@H]1[C@@H]2[C@@H](C(=O)Nc3ccccc3OC)C[C@](NC(=O)OC(C)(C)C)(C(=O)OCC)[C@@]21C. The topological polar surface area (TPSA) is 129 Å². The average molecular weight is 505 g/mol. The number of amides is 2. The van der Waals surface area contributed by atoms with Crippen molar-refractivity contribution >= 4 is 29.6 Å². The highest BCUT2D eigenvalue weighted by Crippen LogP contribution is 2.75. The summed E-state index contributed by atoms with van der Waals surface area (Å²) >= 11 is 0. The predicted octanol–water partition coefficient (Wildman–Crippen LogP) is 3.30. The fourth-order valence-corrected chi connectivity index (χ4v) is 5.55. The Labute approximate surface area is 211 Å². The molecule has 10 heteroatoms. The third-order valence-corrected chi connectivity index (χ3v) is 7.05. The quantitative estimate of drug-likeness (QED) is 0.408. The Bertz CT molecular complexity index is 1040. The molecule has 0 spiro atoms. The van der Waals surface area contributed by atoms with E-state index >= 15 is 0 Å². The van der Waals surface area contributed by atoms with Gasteiger partial charge in [0, 0.05) is 11.3 Å². The number of methoxy groups -OCH3 is 1. The molecule has 0 aromatic heterocycles. The first-order valence-corrected chi connectivity index (χ1v) is 12.1. The van der Waals surface area contributed by atoms with Crippen molar-refractivity contribution in [1.29, 1.82) is 0 Å².